The normalized spacial score (nSPS) is 14.0. The first-order valence-corrected chi connectivity index (χ1v) is 10.5. The fraction of sp³-hybridized carbons (Fsp3) is 0.190. The topological polar surface area (TPSA) is 76.0 Å². The molecule has 3 heterocycles. The molecule has 8 heteroatoms. The Labute approximate surface area is 177 Å². The summed E-state index contributed by atoms with van der Waals surface area (Å²) in [6.07, 6.45) is 0.697. The molecular formula is C21H19ClN4O2S. The summed E-state index contributed by atoms with van der Waals surface area (Å²) in [4.78, 5) is 30.4. The van der Waals surface area contributed by atoms with Crippen LogP contribution in [0.5, 0.6) is 0 Å². The van der Waals surface area contributed by atoms with Crippen molar-refractivity contribution in [1.82, 2.24) is 14.9 Å². The average Bonchev–Trinajstić information content (AvgIpc) is 3.14. The number of thiazole rings is 1. The maximum atomic E-state index is 13.2. The number of anilines is 1. The molecule has 148 valence electrons. The number of aromatic nitrogens is 2. The maximum absolute atomic E-state index is 13.2. The van der Waals surface area contributed by atoms with Gasteiger partial charge in [0.2, 0.25) is 0 Å². The number of ketones is 1. The van der Waals surface area contributed by atoms with E-state index in [-0.39, 0.29) is 1.43 Å². The third kappa shape index (κ3) is 3.21. The Morgan fingerprint density at radius 1 is 1.21 bits per heavy atom. The highest BCUT2D eigenvalue weighted by molar-refractivity contribution is 7.22. The van der Waals surface area contributed by atoms with Gasteiger partial charge in [-0.25, -0.2) is 4.98 Å². The van der Waals surface area contributed by atoms with E-state index in [2.05, 4.69) is 20.2 Å². The summed E-state index contributed by atoms with van der Waals surface area (Å²) in [6, 6.07) is 13.1. The zero-order chi connectivity index (χ0) is 20.0. The van der Waals surface area contributed by atoms with E-state index in [0.717, 1.165) is 46.4 Å². The smallest absolute Gasteiger partial charge is 0.298 e. The van der Waals surface area contributed by atoms with E-state index in [1.165, 1.54) is 11.3 Å². The number of benzene rings is 2. The quantitative estimate of drug-likeness (QED) is 0.381. The molecule has 0 saturated carbocycles. The van der Waals surface area contributed by atoms with E-state index in [1.54, 1.807) is 18.2 Å². The van der Waals surface area contributed by atoms with Crippen molar-refractivity contribution in [1.29, 1.82) is 0 Å². The van der Waals surface area contributed by atoms with Crippen LogP contribution in [0.3, 0.4) is 0 Å². The lowest BCUT2D eigenvalue weighted by Gasteiger charge is -2.06. The van der Waals surface area contributed by atoms with Crippen molar-refractivity contribution in [3.63, 3.8) is 0 Å². The molecule has 2 N–H and O–H groups in total. The summed E-state index contributed by atoms with van der Waals surface area (Å²) >= 11 is 7.31. The third-order valence-electron chi connectivity index (χ3n) is 5.13. The zero-order valence-corrected chi connectivity index (χ0v) is 16.9. The number of carbonyl (C=O) groups is 2. The number of Topliss-reactive ketones (excluding diaryl/α,β-unsaturated/α-hetero) is 1. The fourth-order valence-corrected chi connectivity index (χ4v) is 5.00. The van der Waals surface area contributed by atoms with Gasteiger partial charge in [0.15, 0.2) is 5.13 Å². The summed E-state index contributed by atoms with van der Waals surface area (Å²) in [5, 5.41) is 7.83. The zero-order valence-electron chi connectivity index (χ0n) is 15.4. The van der Waals surface area contributed by atoms with Gasteiger partial charge in [0.05, 0.1) is 15.8 Å². The number of hydrogen-bond acceptors (Lipinski definition) is 5. The number of amides is 1. The molecule has 1 aliphatic heterocycles. The maximum Gasteiger partial charge on any atom is 0.298 e. The van der Waals surface area contributed by atoms with Crippen molar-refractivity contribution in [2.45, 2.75) is 13.0 Å². The second-order valence-corrected chi connectivity index (χ2v) is 8.37. The number of carbonyl (C=O) groups excluding carboxylic acids is 2. The van der Waals surface area contributed by atoms with Crippen LogP contribution >= 0.6 is 22.9 Å². The number of nitrogens with zero attached hydrogens (tertiary/aromatic N) is 2. The SMILES string of the molecule is O=C(Nc1nc2ccc(Cl)cc2s1)C(=O)c1c2n(c3ccccc13)CCNCC2.[HH]. The molecule has 6 nitrogen and oxygen atoms in total. The van der Waals surface area contributed by atoms with Crippen LogP contribution in [-0.2, 0) is 17.8 Å². The largest absolute Gasteiger partial charge is 0.343 e. The Morgan fingerprint density at radius 3 is 2.97 bits per heavy atom. The number of nitrogens with one attached hydrogen (secondary N) is 2. The Bertz CT molecular complexity index is 1280. The van der Waals surface area contributed by atoms with E-state index in [4.69, 9.17) is 11.6 Å². The summed E-state index contributed by atoms with van der Waals surface area (Å²) in [5.41, 5.74) is 3.12. The van der Waals surface area contributed by atoms with Gasteiger partial charge in [-0.1, -0.05) is 41.1 Å². The minimum absolute atomic E-state index is 0. The van der Waals surface area contributed by atoms with Gasteiger partial charge in [-0.2, -0.15) is 0 Å². The summed E-state index contributed by atoms with van der Waals surface area (Å²) < 4.78 is 3.00. The molecular weight excluding hydrogens is 408 g/mol. The molecule has 0 spiro atoms. The molecule has 1 amide bonds. The summed E-state index contributed by atoms with van der Waals surface area (Å²) in [6.45, 7) is 2.37. The number of para-hydroxylation sites is 1. The molecule has 5 rings (SSSR count). The van der Waals surface area contributed by atoms with Crippen molar-refractivity contribution in [3.05, 3.63) is 58.7 Å². The summed E-state index contributed by atoms with van der Waals surface area (Å²) in [7, 11) is 0. The van der Waals surface area contributed by atoms with Crippen LogP contribution < -0.4 is 10.6 Å². The van der Waals surface area contributed by atoms with Gasteiger partial charge in [-0.3, -0.25) is 14.9 Å². The first-order chi connectivity index (χ1) is 14.1. The van der Waals surface area contributed by atoms with Crippen LogP contribution in [0, 0.1) is 0 Å². The van der Waals surface area contributed by atoms with Crippen LogP contribution in [0.2, 0.25) is 5.02 Å². The van der Waals surface area contributed by atoms with Crippen LogP contribution in [0.15, 0.2) is 42.5 Å². The summed E-state index contributed by atoms with van der Waals surface area (Å²) in [5.74, 6) is -1.21. The van der Waals surface area contributed by atoms with Crippen LogP contribution in [-0.4, -0.2) is 34.3 Å². The van der Waals surface area contributed by atoms with E-state index in [0.29, 0.717) is 22.1 Å². The molecule has 4 aromatic rings. The van der Waals surface area contributed by atoms with Gasteiger partial charge in [0.25, 0.3) is 11.7 Å². The second kappa shape index (κ2) is 7.26. The molecule has 29 heavy (non-hydrogen) atoms. The predicted octanol–water partition coefficient (Wildman–Crippen LogP) is 4.12. The van der Waals surface area contributed by atoms with Crippen molar-refractivity contribution in [2.24, 2.45) is 0 Å². The lowest BCUT2D eigenvalue weighted by molar-refractivity contribution is -0.112. The molecule has 0 atom stereocenters. The number of hydrogen-bond donors (Lipinski definition) is 2. The van der Waals surface area contributed by atoms with E-state index < -0.39 is 11.7 Å². The molecule has 2 aromatic heterocycles. The molecule has 2 aromatic carbocycles. The predicted molar refractivity (Wildman–Crippen MR) is 118 cm³/mol. The minimum Gasteiger partial charge on any atom is -0.343 e. The second-order valence-electron chi connectivity index (χ2n) is 6.90. The highest BCUT2D eigenvalue weighted by Crippen LogP contribution is 2.30. The van der Waals surface area contributed by atoms with Gasteiger partial charge in [-0.15, -0.1) is 0 Å². The average molecular weight is 427 g/mol. The Hall–Kier alpha value is -2.74. The van der Waals surface area contributed by atoms with Gasteiger partial charge in [0.1, 0.15) is 0 Å². The molecule has 0 bridgehead atoms. The van der Waals surface area contributed by atoms with Gasteiger partial charge >= 0.3 is 0 Å². The highest BCUT2D eigenvalue weighted by atomic mass is 35.5. The van der Waals surface area contributed by atoms with E-state index >= 15 is 0 Å². The van der Waals surface area contributed by atoms with Gasteiger partial charge in [0, 0.05) is 49.1 Å². The number of fused-ring (bicyclic) bond motifs is 4. The number of rotatable bonds is 3. The standard InChI is InChI=1S/C21H17ClN4O2S.H2/c22-12-5-6-14-17(11-12)29-21(24-14)25-20(28)19(27)18-13-3-1-2-4-15(13)26-10-9-23-8-7-16(18)26;/h1-6,11,23H,7-10H2,(H,24,25,28);1H. The van der Waals surface area contributed by atoms with Crippen molar-refractivity contribution in [2.75, 3.05) is 18.4 Å². The van der Waals surface area contributed by atoms with E-state index in [1.807, 2.05) is 24.3 Å². The Morgan fingerprint density at radius 2 is 2.07 bits per heavy atom. The molecule has 0 saturated heterocycles. The molecule has 0 unspecified atom stereocenters. The van der Waals surface area contributed by atoms with Crippen LogP contribution in [0.1, 0.15) is 17.5 Å². The number of halogens is 1. The van der Waals surface area contributed by atoms with Crippen LogP contribution in [0.4, 0.5) is 5.13 Å². The first-order valence-electron chi connectivity index (χ1n) is 9.34. The van der Waals surface area contributed by atoms with Crippen molar-refractivity contribution in [3.8, 4) is 0 Å². The van der Waals surface area contributed by atoms with Crippen LogP contribution in [0.25, 0.3) is 21.1 Å². The fourth-order valence-electron chi connectivity index (χ4n) is 3.87. The monoisotopic (exact) mass is 426 g/mol. The Balaban J connectivity index is 0.00000218. The highest BCUT2D eigenvalue weighted by Gasteiger charge is 2.28. The van der Waals surface area contributed by atoms with Crippen molar-refractivity contribution < 1.29 is 11.0 Å². The molecule has 0 aliphatic carbocycles. The van der Waals surface area contributed by atoms with Gasteiger partial charge < -0.3 is 9.88 Å². The van der Waals surface area contributed by atoms with Gasteiger partial charge in [-0.05, 0) is 24.3 Å². The minimum atomic E-state index is -0.675. The van der Waals surface area contributed by atoms with E-state index in [9.17, 15) is 9.59 Å². The Kier molecular flexibility index (Phi) is 4.58. The molecule has 0 fully saturated rings. The lowest BCUT2D eigenvalue weighted by atomic mass is 10.0. The van der Waals surface area contributed by atoms with Crippen molar-refractivity contribution >= 4 is 60.9 Å². The first kappa shape index (κ1) is 18.3. The lowest BCUT2D eigenvalue weighted by Crippen LogP contribution is -2.24. The molecule has 1 aliphatic rings. The molecule has 0 radical (unpaired) electrons. The third-order valence-corrected chi connectivity index (χ3v) is 6.30.